The maximum Gasteiger partial charge on any atom is 0.212 e. The number of nitrogens with two attached hydrogens (primary N) is 1. The van der Waals surface area contributed by atoms with Crippen LogP contribution in [0.1, 0.15) is 12.5 Å². The summed E-state index contributed by atoms with van der Waals surface area (Å²) in [6, 6.07) is 3.71. The van der Waals surface area contributed by atoms with Crippen molar-refractivity contribution < 1.29 is 4.74 Å². The summed E-state index contributed by atoms with van der Waals surface area (Å²) in [5.41, 5.74) is 8.52. The lowest BCUT2D eigenvalue weighted by Crippen LogP contribution is -2.01. The third-order valence-corrected chi connectivity index (χ3v) is 2.55. The molecule has 0 radical (unpaired) electrons. The highest BCUT2D eigenvalue weighted by Gasteiger charge is 2.09. The van der Waals surface area contributed by atoms with Gasteiger partial charge in [-0.15, -0.1) is 0 Å². The molecule has 17 heavy (non-hydrogen) atoms. The van der Waals surface area contributed by atoms with E-state index < -0.39 is 0 Å². The molecule has 0 spiro atoms. The Bertz CT molecular complexity index is 510. The highest BCUT2D eigenvalue weighted by atomic mass is 16.5. The van der Waals surface area contributed by atoms with Crippen LogP contribution in [0.5, 0.6) is 5.88 Å². The molecular weight excluding hydrogens is 216 g/mol. The van der Waals surface area contributed by atoms with Gasteiger partial charge in [-0.2, -0.15) is 0 Å². The van der Waals surface area contributed by atoms with Crippen LogP contribution in [-0.2, 0) is 6.42 Å². The number of hydrogen-bond donors (Lipinski definition) is 1. The first-order valence-electron chi connectivity index (χ1n) is 5.36. The molecule has 2 aromatic rings. The zero-order chi connectivity index (χ0) is 12.3. The Kier molecular flexibility index (Phi) is 3.18. The lowest BCUT2D eigenvalue weighted by molar-refractivity contribution is 0.398. The van der Waals surface area contributed by atoms with E-state index in [1.807, 2.05) is 13.0 Å². The lowest BCUT2D eigenvalue weighted by atomic mass is 10.1. The Labute approximate surface area is 99.7 Å². The van der Waals surface area contributed by atoms with Gasteiger partial charge in [-0.1, -0.05) is 6.92 Å². The Balaban J connectivity index is 2.48. The minimum Gasteiger partial charge on any atom is -0.481 e. The first-order valence-corrected chi connectivity index (χ1v) is 5.36. The Morgan fingerprint density at radius 3 is 2.65 bits per heavy atom. The van der Waals surface area contributed by atoms with Crippen molar-refractivity contribution in [1.82, 2.24) is 15.0 Å². The van der Waals surface area contributed by atoms with Crippen LogP contribution in [0.2, 0.25) is 0 Å². The maximum atomic E-state index is 5.83. The number of ether oxygens (including phenoxy) is 1. The van der Waals surface area contributed by atoms with Gasteiger partial charge in [-0.3, -0.25) is 0 Å². The summed E-state index contributed by atoms with van der Waals surface area (Å²) in [4.78, 5) is 12.4. The zero-order valence-electron chi connectivity index (χ0n) is 9.84. The van der Waals surface area contributed by atoms with Crippen molar-refractivity contribution in [3.05, 3.63) is 30.2 Å². The van der Waals surface area contributed by atoms with Crippen LogP contribution >= 0.6 is 0 Å². The van der Waals surface area contributed by atoms with E-state index in [4.69, 9.17) is 10.5 Å². The second kappa shape index (κ2) is 4.78. The van der Waals surface area contributed by atoms with Crippen LogP contribution < -0.4 is 10.5 Å². The number of rotatable bonds is 3. The second-order valence-electron chi connectivity index (χ2n) is 3.53. The summed E-state index contributed by atoms with van der Waals surface area (Å²) < 4.78 is 5.02. The molecule has 0 saturated carbocycles. The molecule has 2 heterocycles. The minimum atomic E-state index is 0.522. The van der Waals surface area contributed by atoms with Crippen molar-refractivity contribution >= 4 is 5.82 Å². The molecule has 88 valence electrons. The molecule has 2 rings (SSSR count). The van der Waals surface area contributed by atoms with E-state index in [0.717, 1.165) is 23.2 Å². The smallest absolute Gasteiger partial charge is 0.212 e. The molecule has 2 aromatic heterocycles. The van der Waals surface area contributed by atoms with Crippen LogP contribution in [0.4, 0.5) is 5.82 Å². The van der Waals surface area contributed by atoms with E-state index in [-0.39, 0.29) is 0 Å². The molecular formula is C12H14N4O. The van der Waals surface area contributed by atoms with Crippen molar-refractivity contribution in [3.63, 3.8) is 0 Å². The van der Waals surface area contributed by atoms with Gasteiger partial charge in [0.15, 0.2) is 0 Å². The first-order chi connectivity index (χ1) is 8.26. The number of anilines is 1. The third kappa shape index (κ3) is 2.18. The van der Waals surface area contributed by atoms with E-state index in [9.17, 15) is 0 Å². The summed E-state index contributed by atoms with van der Waals surface area (Å²) >= 11 is 0. The molecule has 0 aliphatic rings. The highest BCUT2D eigenvalue weighted by molar-refractivity contribution is 5.66. The number of hydrogen-bond acceptors (Lipinski definition) is 5. The average molecular weight is 230 g/mol. The zero-order valence-corrected chi connectivity index (χ0v) is 9.84. The van der Waals surface area contributed by atoms with Gasteiger partial charge in [0.25, 0.3) is 0 Å². The van der Waals surface area contributed by atoms with Gasteiger partial charge in [0, 0.05) is 23.4 Å². The second-order valence-corrected chi connectivity index (χ2v) is 3.53. The quantitative estimate of drug-likeness (QED) is 0.868. The topological polar surface area (TPSA) is 73.9 Å². The van der Waals surface area contributed by atoms with E-state index in [2.05, 4.69) is 15.0 Å². The molecule has 0 bridgehead atoms. The number of nitrogens with zero attached hydrogens (tertiary/aromatic N) is 3. The predicted octanol–water partition coefficient (Wildman–Crippen LogP) is 1.69. The van der Waals surface area contributed by atoms with Crippen molar-refractivity contribution in [2.45, 2.75) is 13.3 Å². The SMILES string of the molecule is CCc1c(N)ncnc1-c1ccc(OC)nc1. The van der Waals surface area contributed by atoms with Crippen LogP contribution in [0.3, 0.4) is 0 Å². The Morgan fingerprint density at radius 2 is 2.06 bits per heavy atom. The molecule has 0 unspecified atom stereocenters. The van der Waals surface area contributed by atoms with Gasteiger partial charge >= 0.3 is 0 Å². The van der Waals surface area contributed by atoms with Gasteiger partial charge in [0.05, 0.1) is 12.8 Å². The highest BCUT2D eigenvalue weighted by Crippen LogP contribution is 2.24. The summed E-state index contributed by atoms with van der Waals surface area (Å²) in [5.74, 6) is 1.10. The maximum absolute atomic E-state index is 5.83. The Morgan fingerprint density at radius 1 is 1.24 bits per heavy atom. The largest absolute Gasteiger partial charge is 0.481 e. The van der Waals surface area contributed by atoms with Crippen molar-refractivity contribution in [1.29, 1.82) is 0 Å². The standard InChI is InChI=1S/C12H14N4O/c1-3-9-11(15-7-16-12(9)13)8-4-5-10(17-2)14-6-8/h4-7H,3H2,1-2H3,(H2,13,15,16). The summed E-state index contributed by atoms with van der Waals surface area (Å²) in [6.07, 6.45) is 3.97. The predicted molar refractivity (Wildman–Crippen MR) is 65.6 cm³/mol. The fourth-order valence-corrected chi connectivity index (χ4v) is 1.66. The molecule has 0 amide bonds. The minimum absolute atomic E-state index is 0.522. The number of pyridine rings is 1. The molecule has 2 N–H and O–H groups in total. The molecule has 5 heteroatoms. The van der Waals surface area contributed by atoms with E-state index in [1.165, 1.54) is 6.33 Å². The van der Waals surface area contributed by atoms with Crippen LogP contribution in [0, 0.1) is 0 Å². The van der Waals surface area contributed by atoms with Gasteiger partial charge in [-0.25, -0.2) is 15.0 Å². The van der Waals surface area contributed by atoms with Crippen molar-refractivity contribution in [3.8, 4) is 17.1 Å². The number of nitrogen functional groups attached to an aromatic ring is 1. The van der Waals surface area contributed by atoms with Crippen LogP contribution in [-0.4, -0.2) is 22.1 Å². The van der Waals surface area contributed by atoms with Gasteiger partial charge < -0.3 is 10.5 Å². The molecule has 0 aromatic carbocycles. The Hall–Kier alpha value is -2.17. The van der Waals surface area contributed by atoms with Crippen molar-refractivity contribution in [2.75, 3.05) is 12.8 Å². The molecule has 0 aliphatic heterocycles. The molecule has 0 atom stereocenters. The molecule has 5 nitrogen and oxygen atoms in total. The van der Waals surface area contributed by atoms with Crippen LogP contribution in [0.25, 0.3) is 11.3 Å². The average Bonchev–Trinajstić information content (AvgIpc) is 2.38. The molecule has 0 fully saturated rings. The van der Waals surface area contributed by atoms with E-state index in [1.54, 1.807) is 19.4 Å². The lowest BCUT2D eigenvalue weighted by Gasteiger charge is -2.08. The summed E-state index contributed by atoms with van der Waals surface area (Å²) in [6.45, 7) is 2.02. The fraction of sp³-hybridized carbons (Fsp3) is 0.250. The summed E-state index contributed by atoms with van der Waals surface area (Å²) in [7, 11) is 1.59. The van der Waals surface area contributed by atoms with Crippen LogP contribution in [0.15, 0.2) is 24.7 Å². The van der Waals surface area contributed by atoms with E-state index in [0.29, 0.717) is 11.7 Å². The van der Waals surface area contributed by atoms with Gasteiger partial charge in [-0.05, 0) is 12.5 Å². The third-order valence-electron chi connectivity index (χ3n) is 2.55. The number of aromatic nitrogens is 3. The fourth-order valence-electron chi connectivity index (χ4n) is 1.66. The first kappa shape index (κ1) is 11.3. The van der Waals surface area contributed by atoms with E-state index >= 15 is 0 Å². The van der Waals surface area contributed by atoms with Gasteiger partial charge in [0.1, 0.15) is 12.1 Å². The summed E-state index contributed by atoms with van der Waals surface area (Å²) in [5, 5.41) is 0. The molecule has 0 saturated heterocycles. The normalized spacial score (nSPS) is 10.2. The molecule has 0 aliphatic carbocycles. The van der Waals surface area contributed by atoms with Crippen molar-refractivity contribution in [2.24, 2.45) is 0 Å². The van der Waals surface area contributed by atoms with Gasteiger partial charge in [0.2, 0.25) is 5.88 Å². The monoisotopic (exact) mass is 230 g/mol. The number of methoxy groups -OCH3 is 1.